The second-order valence-corrected chi connectivity index (χ2v) is 5.03. The molecule has 0 bridgehead atoms. The third-order valence-corrected chi connectivity index (χ3v) is 3.52. The number of aliphatic hydroxyl groups is 1. The first kappa shape index (κ1) is 13.9. The molecule has 1 aliphatic carbocycles. The molecule has 0 spiro atoms. The number of carbonyl (C=O) groups excluding carboxylic acids is 1. The fourth-order valence-corrected chi connectivity index (χ4v) is 2.41. The smallest absolute Gasteiger partial charge is 0.224 e. The van der Waals surface area contributed by atoms with Gasteiger partial charge in [-0.1, -0.05) is 6.07 Å². The minimum atomic E-state index is -1.03. The Bertz CT molecular complexity index is 457. The Labute approximate surface area is 110 Å². The minimum Gasteiger partial charge on any atom is -0.393 e. The Hall–Kier alpha value is -1.49. The van der Waals surface area contributed by atoms with E-state index in [9.17, 15) is 18.7 Å². The van der Waals surface area contributed by atoms with Crippen LogP contribution in [0, 0.1) is 17.6 Å². The summed E-state index contributed by atoms with van der Waals surface area (Å²) in [5.41, 5.74) is -0.124. The number of aliphatic hydroxyl groups excluding tert-OH is 1. The zero-order valence-electron chi connectivity index (χ0n) is 10.5. The Morgan fingerprint density at radius 1 is 1.26 bits per heavy atom. The number of anilines is 1. The van der Waals surface area contributed by atoms with Crippen molar-refractivity contribution in [3.8, 4) is 0 Å². The van der Waals surface area contributed by atoms with Crippen LogP contribution >= 0.6 is 0 Å². The zero-order valence-corrected chi connectivity index (χ0v) is 10.5. The standard InChI is InChI=1S/C14H17F2NO2/c15-11-2-1-3-12(14(11)16)17-13(19)8-9-4-6-10(18)7-5-9/h1-3,9-10,18H,4-8H2,(H,17,19). The van der Waals surface area contributed by atoms with Gasteiger partial charge in [0.1, 0.15) is 0 Å². The van der Waals surface area contributed by atoms with Crippen molar-refractivity contribution in [1.82, 2.24) is 0 Å². The first-order valence-electron chi connectivity index (χ1n) is 6.48. The molecule has 0 radical (unpaired) electrons. The first-order valence-corrected chi connectivity index (χ1v) is 6.48. The summed E-state index contributed by atoms with van der Waals surface area (Å²) >= 11 is 0. The maximum Gasteiger partial charge on any atom is 0.224 e. The minimum absolute atomic E-state index is 0.124. The fraction of sp³-hybridized carbons (Fsp3) is 0.500. The lowest BCUT2D eigenvalue weighted by molar-refractivity contribution is -0.117. The van der Waals surface area contributed by atoms with Crippen LogP contribution in [0.2, 0.25) is 0 Å². The molecule has 0 heterocycles. The van der Waals surface area contributed by atoms with Crippen molar-refractivity contribution in [2.24, 2.45) is 5.92 Å². The van der Waals surface area contributed by atoms with Gasteiger partial charge in [-0.2, -0.15) is 0 Å². The van der Waals surface area contributed by atoms with E-state index in [1.807, 2.05) is 0 Å². The Kier molecular flexibility index (Phi) is 4.47. The second-order valence-electron chi connectivity index (χ2n) is 5.03. The lowest BCUT2D eigenvalue weighted by Crippen LogP contribution is -2.23. The van der Waals surface area contributed by atoms with Gasteiger partial charge in [0.2, 0.25) is 5.91 Å². The Morgan fingerprint density at radius 2 is 1.95 bits per heavy atom. The van der Waals surface area contributed by atoms with Crippen LogP contribution in [0.4, 0.5) is 14.5 Å². The number of carbonyl (C=O) groups is 1. The van der Waals surface area contributed by atoms with Gasteiger partial charge in [0.05, 0.1) is 11.8 Å². The van der Waals surface area contributed by atoms with Gasteiger partial charge in [-0.05, 0) is 43.7 Å². The first-order chi connectivity index (χ1) is 9.06. The van der Waals surface area contributed by atoms with Crippen molar-refractivity contribution >= 4 is 11.6 Å². The van der Waals surface area contributed by atoms with E-state index in [1.54, 1.807) is 0 Å². The average Bonchev–Trinajstić information content (AvgIpc) is 2.38. The quantitative estimate of drug-likeness (QED) is 0.886. The van der Waals surface area contributed by atoms with Crippen molar-refractivity contribution in [3.63, 3.8) is 0 Å². The van der Waals surface area contributed by atoms with Crippen LogP contribution in [0.15, 0.2) is 18.2 Å². The van der Waals surface area contributed by atoms with E-state index in [0.29, 0.717) is 12.8 Å². The SMILES string of the molecule is O=C(CC1CCC(O)CC1)Nc1cccc(F)c1F. The number of rotatable bonds is 3. The third-order valence-electron chi connectivity index (χ3n) is 3.52. The highest BCUT2D eigenvalue weighted by molar-refractivity contribution is 5.90. The summed E-state index contributed by atoms with van der Waals surface area (Å²) in [4.78, 5) is 11.8. The molecule has 0 atom stereocenters. The predicted octanol–water partition coefficient (Wildman–Crippen LogP) is 2.84. The molecule has 104 valence electrons. The molecule has 0 aliphatic heterocycles. The molecule has 1 fully saturated rings. The zero-order chi connectivity index (χ0) is 13.8. The van der Waals surface area contributed by atoms with Crippen molar-refractivity contribution in [2.75, 3.05) is 5.32 Å². The van der Waals surface area contributed by atoms with Crippen molar-refractivity contribution in [1.29, 1.82) is 0 Å². The van der Waals surface area contributed by atoms with E-state index in [2.05, 4.69) is 5.32 Å². The molecule has 1 aliphatic rings. The third kappa shape index (κ3) is 3.73. The molecule has 2 rings (SSSR count). The van der Waals surface area contributed by atoms with Crippen LogP contribution in [0.25, 0.3) is 0 Å². The molecule has 0 aromatic heterocycles. The van der Waals surface area contributed by atoms with Gasteiger partial charge in [-0.25, -0.2) is 8.78 Å². The Morgan fingerprint density at radius 3 is 2.63 bits per heavy atom. The number of halogens is 2. The highest BCUT2D eigenvalue weighted by atomic mass is 19.2. The van der Waals surface area contributed by atoms with Crippen molar-refractivity contribution < 1.29 is 18.7 Å². The van der Waals surface area contributed by atoms with Crippen LogP contribution in [0.3, 0.4) is 0 Å². The number of hydrogen-bond acceptors (Lipinski definition) is 2. The summed E-state index contributed by atoms with van der Waals surface area (Å²) in [6.07, 6.45) is 3.00. The van der Waals surface area contributed by atoms with E-state index >= 15 is 0 Å². The van der Waals surface area contributed by atoms with E-state index in [1.165, 1.54) is 12.1 Å². The maximum atomic E-state index is 13.4. The molecular formula is C14H17F2NO2. The van der Waals surface area contributed by atoms with Crippen LogP contribution in [-0.2, 0) is 4.79 Å². The molecule has 1 aromatic rings. The maximum absolute atomic E-state index is 13.4. The highest BCUT2D eigenvalue weighted by Gasteiger charge is 2.22. The van der Waals surface area contributed by atoms with Crippen LogP contribution < -0.4 is 5.32 Å². The summed E-state index contributed by atoms with van der Waals surface area (Å²) in [6, 6.07) is 3.69. The predicted molar refractivity (Wildman–Crippen MR) is 67.6 cm³/mol. The molecule has 2 N–H and O–H groups in total. The van der Waals surface area contributed by atoms with E-state index in [-0.39, 0.29) is 30.0 Å². The average molecular weight is 269 g/mol. The van der Waals surface area contributed by atoms with Gasteiger partial charge in [0, 0.05) is 6.42 Å². The van der Waals surface area contributed by atoms with Gasteiger partial charge >= 0.3 is 0 Å². The van der Waals surface area contributed by atoms with E-state index < -0.39 is 11.6 Å². The summed E-state index contributed by atoms with van der Waals surface area (Å²) in [5.74, 6) is -2.11. The monoisotopic (exact) mass is 269 g/mol. The molecule has 5 heteroatoms. The number of nitrogens with one attached hydrogen (secondary N) is 1. The van der Waals surface area contributed by atoms with Gasteiger partial charge in [0.25, 0.3) is 0 Å². The highest BCUT2D eigenvalue weighted by Crippen LogP contribution is 2.27. The Balaban J connectivity index is 1.89. The van der Waals surface area contributed by atoms with Gasteiger partial charge < -0.3 is 10.4 Å². The molecule has 3 nitrogen and oxygen atoms in total. The number of benzene rings is 1. The molecule has 0 unspecified atom stereocenters. The molecule has 1 amide bonds. The van der Waals surface area contributed by atoms with Crippen LogP contribution in [-0.4, -0.2) is 17.1 Å². The molecule has 1 saturated carbocycles. The largest absolute Gasteiger partial charge is 0.393 e. The van der Waals surface area contributed by atoms with Crippen molar-refractivity contribution in [2.45, 2.75) is 38.2 Å². The molecule has 0 saturated heterocycles. The summed E-state index contributed by atoms with van der Waals surface area (Å²) < 4.78 is 26.3. The van der Waals surface area contributed by atoms with E-state index in [4.69, 9.17) is 0 Å². The van der Waals surface area contributed by atoms with Crippen molar-refractivity contribution in [3.05, 3.63) is 29.8 Å². The topological polar surface area (TPSA) is 49.3 Å². The van der Waals surface area contributed by atoms with Gasteiger partial charge in [-0.3, -0.25) is 4.79 Å². The lowest BCUT2D eigenvalue weighted by atomic mass is 9.85. The van der Waals surface area contributed by atoms with Crippen LogP contribution in [0.5, 0.6) is 0 Å². The molecule has 19 heavy (non-hydrogen) atoms. The normalized spacial score (nSPS) is 23.1. The molecule has 1 aromatic carbocycles. The summed E-state index contributed by atoms with van der Waals surface area (Å²) in [5, 5.41) is 11.8. The van der Waals surface area contributed by atoms with Gasteiger partial charge in [0.15, 0.2) is 11.6 Å². The van der Waals surface area contributed by atoms with E-state index in [0.717, 1.165) is 18.9 Å². The number of hydrogen-bond donors (Lipinski definition) is 2. The second kappa shape index (κ2) is 6.10. The van der Waals surface area contributed by atoms with Gasteiger partial charge in [-0.15, -0.1) is 0 Å². The summed E-state index contributed by atoms with van der Waals surface area (Å²) in [7, 11) is 0. The fourth-order valence-electron chi connectivity index (χ4n) is 2.41. The summed E-state index contributed by atoms with van der Waals surface area (Å²) in [6.45, 7) is 0. The van der Waals surface area contributed by atoms with Crippen LogP contribution in [0.1, 0.15) is 32.1 Å². The molecular weight excluding hydrogens is 252 g/mol. The number of amides is 1. The lowest BCUT2D eigenvalue weighted by Gasteiger charge is -2.24.